The number of ether oxygens (including phenoxy) is 2. The first kappa shape index (κ1) is 26.1. The van der Waals surface area contributed by atoms with Crippen molar-refractivity contribution in [1.82, 2.24) is 10.3 Å². The van der Waals surface area contributed by atoms with Crippen LogP contribution >= 0.6 is 15.9 Å². The van der Waals surface area contributed by atoms with Crippen LogP contribution in [0.2, 0.25) is 0 Å². The molecule has 1 heterocycles. The van der Waals surface area contributed by atoms with Gasteiger partial charge in [0.1, 0.15) is 12.4 Å². The highest BCUT2D eigenvalue weighted by atomic mass is 79.9. The molecule has 37 heavy (non-hydrogen) atoms. The summed E-state index contributed by atoms with van der Waals surface area (Å²) in [5, 5.41) is 6.40. The van der Waals surface area contributed by atoms with E-state index in [1.807, 2.05) is 36.4 Å². The van der Waals surface area contributed by atoms with Crippen molar-refractivity contribution in [2.24, 2.45) is 5.10 Å². The van der Waals surface area contributed by atoms with E-state index in [0.29, 0.717) is 49.8 Å². The van der Waals surface area contributed by atoms with Crippen LogP contribution in [-0.4, -0.2) is 55.1 Å². The molecule has 0 radical (unpaired) electrons. The van der Waals surface area contributed by atoms with Gasteiger partial charge >= 0.3 is 11.8 Å². The van der Waals surface area contributed by atoms with Crippen molar-refractivity contribution in [3.05, 3.63) is 94.0 Å². The van der Waals surface area contributed by atoms with Crippen molar-refractivity contribution < 1.29 is 23.9 Å². The molecule has 0 unspecified atom stereocenters. The van der Waals surface area contributed by atoms with Crippen LogP contribution in [0.15, 0.2) is 82.4 Å². The molecule has 190 valence electrons. The number of nitrogens with zero attached hydrogens (tertiary/aromatic N) is 2. The van der Waals surface area contributed by atoms with Crippen molar-refractivity contribution in [2.75, 3.05) is 31.6 Å². The number of carbonyl (C=O) groups excluding carboxylic acids is 3. The van der Waals surface area contributed by atoms with E-state index in [2.05, 4.69) is 31.8 Å². The zero-order valence-electron chi connectivity index (χ0n) is 19.9. The summed E-state index contributed by atoms with van der Waals surface area (Å²) in [6, 6.07) is 21.5. The maximum Gasteiger partial charge on any atom is 0.329 e. The summed E-state index contributed by atoms with van der Waals surface area (Å²) in [4.78, 5) is 39.4. The third-order valence-electron chi connectivity index (χ3n) is 5.48. The lowest BCUT2D eigenvalue weighted by Crippen LogP contribution is -2.41. The maximum atomic E-state index is 12.9. The lowest BCUT2D eigenvalue weighted by atomic mass is 10.1. The molecule has 4 rings (SSSR count). The van der Waals surface area contributed by atoms with Gasteiger partial charge < -0.3 is 19.7 Å². The van der Waals surface area contributed by atoms with Crippen molar-refractivity contribution in [2.45, 2.75) is 6.61 Å². The van der Waals surface area contributed by atoms with Crippen LogP contribution in [0.25, 0.3) is 0 Å². The van der Waals surface area contributed by atoms with E-state index in [0.717, 1.165) is 10.0 Å². The highest BCUT2D eigenvalue weighted by Crippen LogP contribution is 2.20. The zero-order chi connectivity index (χ0) is 26.0. The Bertz CT molecular complexity index is 1310. The number of hydrogen-bond donors (Lipinski definition) is 2. The molecule has 0 bridgehead atoms. The summed E-state index contributed by atoms with van der Waals surface area (Å²) in [6.45, 7) is 2.19. The molecule has 0 aliphatic carbocycles. The van der Waals surface area contributed by atoms with E-state index in [1.54, 1.807) is 41.3 Å². The van der Waals surface area contributed by atoms with Crippen LogP contribution in [0.4, 0.5) is 5.69 Å². The number of morpholine rings is 1. The summed E-state index contributed by atoms with van der Waals surface area (Å²) in [6.07, 6.45) is 1.40. The fourth-order valence-electron chi connectivity index (χ4n) is 3.61. The second-order valence-corrected chi connectivity index (χ2v) is 8.98. The van der Waals surface area contributed by atoms with Gasteiger partial charge in [-0.05, 0) is 42.0 Å². The molecular formula is C27H25BrN4O5. The molecule has 3 amide bonds. The molecule has 0 spiro atoms. The first-order valence-corrected chi connectivity index (χ1v) is 12.4. The van der Waals surface area contributed by atoms with Gasteiger partial charge in [0.2, 0.25) is 0 Å². The second-order valence-electron chi connectivity index (χ2n) is 8.06. The number of hydrazone groups is 1. The molecule has 9 nitrogen and oxygen atoms in total. The quantitative estimate of drug-likeness (QED) is 0.259. The van der Waals surface area contributed by atoms with E-state index in [4.69, 9.17) is 9.47 Å². The molecule has 1 aliphatic heterocycles. The largest absolute Gasteiger partial charge is 0.488 e. The van der Waals surface area contributed by atoms with Gasteiger partial charge in [-0.15, -0.1) is 0 Å². The topological polar surface area (TPSA) is 109 Å². The minimum absolute atomic E-state index is 0.239. The number of amides is 3. The van der Waals surface area contributed by atoms with Crippen LogP contribution in [-0.2, 0) is 20.9 Å². The molecule has 2 N–H and O–H groups in total. The maximum absolute atomic E-state index is 12.9. The van der Waals surface area contributed by atoms with Crippen LogP contribution in [0, 0.1) is 0 Å². The first-order chi connectivity index (χ1) is 18.0. The van der Waals surface area contributed by atoms with Gasteiger partial charge in [0.25, 0.3) is 5.91 Å². The Hall–Kier alpha value is -4.02. The van der Waals surface area contributed by atoms with Crippen molar-refractivity contribution in [3.8, 4) is 5.75 Å². The third-order valence-corrected chi connectivity index (χ3v) is 5.98. The third kappa shape index (κ3) is 7.25. The molecule has 3 aromatic carbocycles. The zero-order valence-corrected chi connectivity index (χ0v) is 21.4. The number of benzene rings is 3. The van der Waals surface area contributed by atoms with Gasteiger partial charge in [-0.1, -0.05) is 52.3 Å². The highest BCUT2D eigenvalue weighted by molar-refractivity contribution is 9.10. The number of para-hydroxylation sites is 2. The number of carbonyl (C=O) groups is 3. The Kier molecular flexibility index (Phi) is 9.01. The minimum atomic E-state index is -0.975. The van der Waals surface area contributed by atoms with Gasteiger partial charge in [0.15, 0.2) is 0 Å². The van der Waals surface area contributed by atoms with E-state index in [1.165, 1.54) is 6.21 Å². The van der Waals surface area contributed by atoms with Crippen molar-refractivity contribution in [1.29, 1.82) is 0 Å². The number of hydrogen-bond acceptors (Lipinski definition) is 6. The number of halogens is 1. The molecular weight excluding hydrogens is 540 g/mol. The Balaban J connectivity index is 1.35. The van der Waals surface area contributed by atoms with Gasteiger partial charge in [0, 0.05) is 23.1 Å². The minimum Gasteiger partial charge on any atom is -0.488 e. The molecule has 0 aromatic heterocycles. The molecule has 10 heteroatoms. The van der Waals surface area contributed by atoms with Crippen LogP contribution in [0.3, 0.4) is 0 Å². The van der Waals surface area contributed by atoms with Crippen molar-refractivity contribution >= 4 is 45.6 Å². The summed E-state index contributed by atoms with van der Waals surface area (Å²) in [5.74, 6) is -1.59. The predicted octanol–water partition coefficient (Wildman–Crippen LogP) is 3.59. The highest BCUT2D eigenvalue weighted by Gasteiger charge is 2.23. The number of nitrogens with one attached hydrogen (secondary N) is 2. The van der Waals surface area contributed by atoms with Gasteiger partial charge in [-0.3, -0.25) is 14.4 Å². The Morgan fingerprint density at radius 3 is 2.54 bits per heavy atom. The SMILES string of the molecule is O=C(NN=Cc1ccccc1OCc1cccc(Br)c1)C(=O)Nc1ccccc1C(=O)N1CCOCC1. The molecule has 1 saturated heterocycles. The summed E-state index contributed by atoms with van der Waals surface area (Å²) >= 11 is 3.44. The van der Waals surface area contributed by atoms with Crippen LogP contribution < -0.4 is 15.5 Å². The first-order valence-electron chi connectivity index (χ1n) is 11.6. The normalized spacial score (nSPS) is 13.3. The van der Waals surface area contributed by atoms with E-state index < -0.39 is 11.8 Å². The molecule has 0 atom stereocenters. The van der Waals surface area contributed by atoms with E-state index in [9.17, 15) is 14.4 Å². The lowest BCUT2D eigenvalue weighted by molar-refractivity contribution is -0.136. The second kappa shape index (κ2) is 12.8. The molecule has 1 fully saturated rings. The Morgan fingerprint density at radius 2 is 1.73 bits per heavy atom. The van der Waals surface area contributed by atoms with Crippen LogP contribution in [0.1, 0.15) is 21.5 Å². The van der Waals surface area contributed by atoms with E-state index >= 15 is 0 Å². The van der Waals surface area contributed by atoms with Gasteiger partial charge in [0.05, 0.1) is 30.7 Å². The Labute approximate surface area is 222 Å². The summed E-state index contributed by atoms with van der Waals surface area (Å²) in [7, 11) is 0. The van der Waals surface area contributed by atoms with Gasteiger partial charge in [-0.25, -0.2) is 5.43 Å². The molecule has 0 saturated carbocycles. The lowest BCUT2D eigenvalue weighted by Gasteiger charge is -2.27. The number of rotatable bonds is 7. The fraction of sp³-hybridized carbons (Fsp3) is 0.185. The predicted molar refractivity (Wildman–Crippen MR) is 142 cm³/mol. The smallest absolute Gasteiger partial charge is 0.329 e. The molecule has 3 aromatic rings. The summed E-state index contributed by atoms with van der Waals surface area (Å²) < 4.78 is 12.1. The van der Waals surface area contributed by atoms with Crippen molar-refractivity contribution in [3.63, 3.8) is 0 Å². The number of anilines is 1. The van der Waals surface area contributed by atoms with E-state index in [-0.39, 0.29) is 11.6 Å². The van der Waals surface area contributed by atoms with Crippen LogP contribution in [0.5, 0.6) is 5.75 Å². The average Bonchev–Trinajstić information content (AvgIpc) is 2.93. The molecule has 1 aliphatic rings. The fourth-order valence-corrected chi connectivity index (χ4v) is 4.06. The standard InChI is InChI=1S/C27H25BrN4O5/c28-21-8-5-6-19(16-21)18-37-24-11-4-1-7-20(24)17-29-31-26(34)25(33)30-23-10-3-2-9-22(23)27(35)32-12-14-36-15-13-32/h1-11,16-17H,12-15,18H2,(H,30,33)(H,31,34). The average molecular weight is 565 g/mol. The Morgan fingerprint density at radius 1 is 0.973 bits per heavy atom. The summed E-state index contributed by atoms with van der Waals surface area (Å²) in [5.41, 5.74) is 4.37. The monoisotopic (exact) mass is 564 g/mol. The van der Waals surface area contributed by atoms with Gasteiger partial charge in [-0.2, -0.15) is 5.10 Å².